The summed E-state index contributed by atoms with van der Waals surface area (Å²) in [4.78, 5) is 5.16. The Bertz CT molecular complexity index is 1310. The van der Waals surface area contributed by atoms with Crippen molar-refractivity contribution in [2.45, 2.75) is 47.5 Å². The Balaban J connectivity index is 1.93. The zero-order valence-corrected chi connectivity index (χ0v) is 20.1. The number of hydrogen-bond acceptors (Lipinski definition) is 2. The molecule has 0 bridgehead atoms. The topological polar surface area (TPSA) is 29.3 Å². The van der Waals surface area contributed by atoms with Gasteiger partial charge in [-0.3, -0.25) is 0 Å². The van der Waals surface area contributed by atoms with Crippen molar-refractivity contribution in [3.8, 4) is 22.4 Å². The van der Waals surface area contributed by atoms with Crippen molar-refractivity contribution in [2.24, 2.45) is 0 Å². The number of nitrogens with zero attached hydrogens (tertiary/aromatic N) is 2. The number of imidazole rings is 1. The Kier molecular flexibility index (Phi) is 6.18. The fraction of sp³-hybridized carbons (Fsp3) is 0.276. The van der Waals surface area contributed by atoms with E-state index in [1.807, 2.05) is 7.05 Å². The van der Waals surface area contributed by atoms with Gasteiger partial charge < -0.3 is 9.72 Å². The third-order valence-corrected chi connectivity index (χ3v) is 6.41. The van der Waals surface area contributed by atoms with Gasteiger partial charge in [0.15, 0.2) is 0 Å². The molecule has 3 nitrogen and oxygen atoms in total. The molecule has 0 aliphatic heterocycles. The number of aromatic nitrogens is 2. The summed E-state index contributed by atoms with van der Waals surface area (Å²) < 4.78 is 2.24. The first kappa shape index (κ1) is 21.9. The molecule has 2 aromatic heterocycles. The molecular formula is C29H33N3. The van der Waals surface area contributed by atoms with E-state index in [2.05, 4.69) is 105 Å². The van der Waals surface area contributed by atoms with E-state index in [4.69, 9.17) is 4.98 Å². The number of fused-ring (bicyclic) bond motifs is 1. The van der Waals surface area contributed by atoms with E-state index in [-0.39, 0.29) is 0 Å². The normalized spacial score (nSPS) is 12.2. The van der Waals surface area contributed by atoms with E-state index in [0.717, 1.165) is 24.2 Å². The molecular weight excluding hydrogens is 390 g/mol. The number of allylic oxidation sites excluding steroid dienone is 1. The Labute approximate surface area is 191 Å². The third kappa shape index (κ3) is 3.84. The SMILES string of the molecule is CCC(C)=C(NC)c1ccn2c(CC)c(-c3ccccc3-c3ccc(C)cc3C)nc2c1. The van der Waals surface area contributed by atoms with Gasteiger partial charge in [-0.15, -0.1) is 0 Å². The van der Waals surface area contributed by atoms with Crippen molar-refractivity contribution in [3.63, 3.8) is 0 Å². The number of nitrogens with one attached hydrogen (secondary N) is 1. The molecule has 0 spiro atoms. The van der Waals surface area contributed by atoms with Crippen LogP contribution in [0.5, 0.6) is 0 Å². The molecule has 1 N–H and O–H groups in total. The van der Waals surface area contributed by atoms with Crippen LogP contribution in [-0.4, -0.2) is 16.4 Å². The second-order valence-electron chi connectivity index (χ2n) is 8.53. The lowest BCUT2D eigenvalue weighted by Gasteiger charge is -2.13. The lowest BCUT2D eigenvalue weighted by Crippen LogP contribution is -2.07. The van der Waals surface area contributed by atoms with Gasteiger partial charge in [-0.25, -0.2) is 4.98 Å². The van der Waals surface area contributed by atoms with E-state index < -0.39 is 0 Å². The fourth-order valence-corrected chi connectivity index (χ4v) is 4.63. The maximum atomic E-state index is 5.16. The van der Waals surface area contributed by atoms with Crippen molar-refractivity contribution in [2.75, 3.05) is 7.05 Å². The van der Waals surface area contributed by atoms with Crippen LogP contribution in [0.4, 0.5) is 0 Å². The van der Waals surface area contributed by atoms with Crippen LogP contribution >= 0.6 is 0 Å². The third-order valence-electron chi connectivity index (χ3n) is 6.41. The highest BCUT2D eigenvalue weighted by Crippen LogP contribution is 2.36. The molecule has 4 aromatic rings. The Morgan fingerprint density at radius 2 is 1.69 bits per heavy atom. The molecule has 0 amide bonds. The van der Waals surface area contributed by atoms with Crippen molar-refractivity contribution in [1.82, 2.24) is 14.7 Å². The first-order valence-corrected chi connectivity index (χ1v) is 11.5. The summed E-state index contributed by atoms with van der Waals surface area (Å²) in [7, 11) is 1.99. The van der Waals surface area contributed by atoms with Crippen LogP contribution in [0.15, 0.2) is 66.4 Å². The summed E-state index contributed by atoms with van der Waals surface area (Å²) in [5, 5.41) is 3.38. The highest BCUT2D eigenvalue weighted by Gasteiger charge is 2.18. The van der Waals surface area contributed by atoms with Crippen LogP contribution in [0.1, 0.15) is 49.6 Å². The molecule has 0 atom stereocenters. The number of rotatable bonds is 6. The molecule has 32 heavy (non-hydrogen) atoms. The van der Waals surface area contributed by atoms with Gasteiger partial charge in [-0.05, 0) is 68.0 Å². The summed E-state index contributed by atoms with van der Waals surface area (Å²) in [5.41, 5.74) is 13.3. The van der Waals surface area contributed by atoms with Gasteiger partial charge >= 0.3 is 0 Å². The van der Waals surface area contributed by atoms with Crippen LogP contribution in [0.3, 0.4) is 0 Å². The second-order valence-corrected chi connectivity index (χ2v) is 8.53. The highest BCUT2D eigenvalue weighted by molar-refractivity contribution is 5.85. The van der Waals surface area contributed by atoms with Crippen molar-refractivity contribution < 1.29 is 0 Å². The summed E-state index contributed by atoms with van der Waals surface area (Å²) >= 11 is 0. The maximum absolute atomic E-state index is 5.16. The molecule has 0 unspecified atom stereocenters. The molecule has 164 valence electrons. The second kappa shape index (κ2) is 9.04. The zero-order valence-electron chi connectivity index (χ0n) is 20.1. The van der Waals surface area contributed by atoms with E-state index in [9.17, 15) is 0 Å². The molecule has 0 aliphatic carbocycles. The summed E-state index contributed by atoms with van der Waals surface area (Å²) in [6.45, 7) is 10.9. The lowest BCUT2D eigenvalue weighted by molar-refractivity contribution is 0.991. The number of aryl methyl sites for hydroxylation is 3. The molecule has 0 radical (unpaired) electrons. The van der Waals surface area contributed by atoms with Crippen molar-refractivity contribution >= 4 is 11.3 Å². The van der Waals surface area contributed by atoms with Crippen LogP contribution in [-0.2, 0) is 6.42 Å². The number of benzene rings is 2. The smallest absolute Gasteiger partial charge is 0.138 e. The van der Waals surface area contributed by atoms with Crippen LogP contribution < -0.4 is 5.32 Å². The lowest BCUT2D eigenvalue weighted by atomic mass is 9.93. The Morgan fingerprint density at radius 3 is 2.34 bits per heavy atom. The predicted molar refractivity (Wildman–Crippen MR) is 137 cm³/mol. The average Bonchev–Trinajstić information content (AvgIpc) is 3.17. The standard InChI is InChI=1S/C29H33N3/c1-7-20(4)28(30-6)22-15-16-32-26(8-2)29(31-27(32)18-22)25-12-10-9-11-24(25)23-14-13-19(3)17-21(23)5/h9-18,30H,7-8H2,1-6H3. The number of pyridine rings is 1. The monoisotopic (exact) mass is 423 g/mol. The first-order chi connectivity index (χ1) is 15.5. The van der Waals surface area contributed by atoms with E-state index in [0.29, 0.717) is 0 Å². The highest BCUT2D eigenvalue weighted by atomic mass is 15.0. The van der Waals surface area contributed by atoms with Crippen LogP contribution in [0.25, 0.3) is 33.7 Å². The summed E-state index contributed by atoms with van der Waals surface area (Å²) in [6, 6.07) is 19.7. The fourth-order valence-electron chi connectivity index (χ4n) is 4.63. The molecule has 0 fully saturated rings. The zero-order chi connectivity index (χ0) is 22.8. The van der Waals surface area contributed by atoms with Crippen molar-refractivity contribution in [1.29, 1.82) is 0 Å². The van der Waals surface area contributed by atoms with Gasteiger partial charge in [0.1, 0.15) is 5.65 Å². The average molecular weight is 424 g/mol. The minimum absolute atomic E-state index is 0.916. The molecule has 2 heterocycles. The molecule has 4 rings (SSSR count). The minimum atomic E-state index is 0.916. The quantitative estimate of drug-likeness (QED) is 0.355. The van der Waals surface area contributed by atoms with Crippen molar-refractivity contribution in [3.05, 3.63) is 88.8 Å². The first-order valence-electron chi connectivity index (χ1n) is 11.5. The minimum Gasteiger partial charge on any atom is -0.388 e. The van der Waals surface area contributed by atoms with Gasteiger partial charge in [0, 0.05) is 30.1 Å². The molecule has 3 heteroatoms. The van der Waals surface area contributed by atoms with Gasteiger partial charge in [0.05, 0.1) is 11.4 Å². The van der Waals surface area contributed by atoms with Gasteiger partial charge in [-0.2, -0.15) is 0 Å². The van der Waals surface area contributed by atoms with Gasteiger partial charge in [0.2, 0.25) is 0 Å². The molecule has 0 saturated heterocycles. The van der Waals surface area contributed by atoms with Gasteiger partial charge in [0.25, 0.3) is 0 Å². The van der Waals surface area contributed by atoms with E-state index in [1.54, 1.807) is 0 Å². The molecule has 0 aliphatic rings. The van der Waals surface area contributed by atoms with Crippen LogP contribution in [0, 0.1) is 13.8 Å². The Morgan fingerprint density at radius 1 is 0.938 bits per heavy atom. The molecule has 0 saturated carbocycles. The van der Waals surface area contributed by atoms with Gasteiger partial charge in [-0.1, -0.05) is 61.9 Å². The maximum Gasteiger partial charge on any atom is 0.138 e. The Hall–Kier alpha value is -3.33. The van der Waals surface area contributed by atoms with E-state index in [1.165, 1.54) is 50.3 Å². The molecule has 2 aromatic carbocycles. The summed E-state index contributed by atoms with van der Waals surface area (Å²) in [6.07, 6.45) is 4.10. The number of hydrogen-bond donors (Lipinski definition) is 1. The van der Waals surface area contributed by atoms with Crippen LogP contribution in [0.2, 0.25) is 0 Å². The summed E-state index contributed by atoms with van der Waals surface area (Å²) in [5.74, 6) is 0. The predicted octanol–water partition coefficient (Wildman–Crippen LogP) is 7.21. The largest absolute Gasteiger partial charge is 0.388 e. The van der Waals surface area contributed by atoms with E-state index >= 15 is 0 Å².